The van der Waals surface area contributed by atoms with Crippen LogP contribution >= 0.6 is 0 Å². The number of rotatable bonds is 5. The second-order valence-corrected chi connectivity index (χ2v) is 7.22. The normalized spacial score (nSPS) is 35.1. The summed E-state index contributed by atoms with van der Waals surface area (Å²) in [6, 6.07) is 0. The quantitative estimate of drug-likeness (QED) is 0.809. The lowest BCUT2D eigenvalue weighted by Gasteiger charge is -2.34. The van der Waals surface area contributed by atoms with Gasteiger partial charge in [0.25, 0.3) is 0 Å². The topological polar surface area (TPSA) is 74.6 Å². The summed E-state index contributed by atoms with van der Waals surface area (Å²) >= 11 is 0. The largest absolute Gasteiger partial charge is 0.481 e. The SMILES string of the molecule is CC(CC1CCC(C(=O)O)CC1)C1CCC(C(=O)O)CC1. The van der Waals surface area contributed by atoms with Crippen LogP contribution in [-0.2, 0) is 9.59 Å². The highest BCUT2D eigenvalue weighted by Gasteiger charge is 2.31. The van der Waals surface area contributed by atoms with Gasteiger partial charge in [-0.05, 0) is 75.5 Å². The van der Waals surface area contributed by atoms with Crippen LogP contribution in [0.1, 0.15) is 64.7 Å². The van der Waals surface area contributed by atoms with Gasteiger partial charge in [0.15, 0.2) is 0 Å². The van der Waals surface area contributed by atoms with Gasteiger partial charge in [-0.15, -0.1) is 0 Å². The van der Waals surface area contributed by atoms with Crippen LogP contribution in [0.4, 0.5) is 0 Å². The number of hydrogen-bond acceptors (Lipinski definition) is 2. The van der Waals surface area contributed by atoms with E-state index in [0.29, 0.717) is 17.8 Å². The van der Waals surface area contributed by atoms with Crippen molar-refractivity contribution in [2.24, 2.45) is 29.6 Å². The molecule has 2 rings (SSSR count). The van der Waals surface area contributed by atoms with E-state index in [-0.39, 0.29) is 11.8 Å². The molecule has 0 spiro atoms. The first-order chi connectivity index (χ1) is 9.97. The van der Waals surface area contributed by atoms with E-state index in [1.54, 1.807) is 0 Å². The fourth-order valence-electron chi connectivity index (χ4n) is 4.30. The van der Waals surface area contributed by atoms with Gasteiger partial charge >= 0.3 is 11.9 Å². The summed E-state index contributed by atoms with van der Waals surface area (Å²) in [5.74, 6) is 0.473. The zero-order valence-corrected chi connectivity index (χ0v) is 13.0. The zero-order valence-electron chi connectivity index (χ0n) is 13.0. The molecule has 0 heterocycles. The van der Waals surface area contributed by atoms with Crippen LogP contribution in [0.25, 0.3) is 0 Å². The molecule has 1 atom stereocenters. The molecule has 2 aliphatic carbocycles. The Balaban J connectivity index is 1.72. The Morgan fingerprint density at radius 2 is 1.29 bits per heavy atom. The smallest absolute Gasteiger partial charge is 0.306 e. The third-order valence-electron chi connectivity index (χ3n) is 5.83. The van der Waals surface area contributed by atoms with Gasteiger partial charge in [0, 0.05) is 0 Å². The second kappa shape index (κ2) is 7.28. The minimum atomic E-state index is -0.631. The first kappa shape index (κ1) is 16.3. The maximum absolute atomic E-state index is 11.0. The third kappa shape index (κ3) is 4.45. The number of aliphatic carboxylic acids is 2. The van der Waals surface area contributed by atoms with Crippen molar-refractivity contribution in [3.63, 3.8) is 0 Å². The molecule has 0 aliphatic heterocycles. The predicted molar refractivity (Wildman–Crippen MR) is 79.9 cm³/mol. The maximum atomic E-state index is 11.0. The van der Waals surface area contributed by atoms with E-state index in [9.17, 15) is 9.59 Å². The van der Waals surface area contributed by atoms with Gasteiger partial charge < -0.3 is 10.2 Å². The predicted octanol–water partition coefficient (Wildman–Crippen LogP) is 3.79. The molecule has 4 nitrogen and oxygen atoms in total. The molecule has 4 heteroatoms. The van der Waals surface area contributed by atoms with E-state index < -0.39 is 11.9 Å². The highest BCUT2D eigenvalue weighted by molar-refractivity contribution is 5.70. The highest BCUT2D eigenvalue weighted by atomic mass is 16.4. The second-order valence-electron chi connectivity index (χ2n) is 7.22. The molecule has 2 fully saturated rings. The summed E-state index contributed by atoms with van der Waals surface area (Å²) in [5.41, 5.74) is 0. The molecule has 0 bridgehead atoms. The Bertz CT molecular complexity index is 363. The van der Waals surface area contributed by atoms with Crippen LogP contribution < -0.4 is 0 Å². The fourth-order valence-corrected chi connectivity index (χ4v) is 4.30. The Morgan fingerprint density at radius 1 is 0.857 bits per heavy atom. The number of carboxylic acids is 2. The Labute approximate surface area is 126 Å². The molecule has 0 saturated heterocycles. The van der Waals surface area contributed by atoms with Crippen LogP contribution in [0, 0.1) is 29.6 Å². The van der Waals surface area contributed by atoms with Crippen molar-refractivity contribution in [1.29, 1.82) is 0 Å². The summed E-state index contributed by atoms with van der Waals surface area (Å²) in [7, 11) is 0. The van der Waals surface area contributed by atoms with Gasteiger partial charge in [0.1, 0.15) is 0 Å². The summed E-state index contributed by atoms with van der Waals surface area (Å²) in [6.07, 6.45) is 8.70. The Hall–Kier alpha value is -1.06. The van der Waals surface area contributed by atoms with Gasteiger partial charge in [-0.25, -0.2) is 0 Å². The number of carbonyl (C=O) groups is 2. The van der Waals surface area contributed by atoms with Crippen LogP contribution in [0.2, 0.25) is 0 Å². The van der Waals surface area contributed by atoms with E-state index in [4.69, 9.17) is 10.2 Å². The van der Waals surface area contributed by atoms with Gasteiger partial charge in [0.05, 0.1) is 11.8 Å². The first-order valence-corrected chi connectivity index (χ1v) is 8.43. The molecule has 21 heavy (non-hydrogen) atoms. The molecular weight excluding hydrogens is 268 g/mol. The summed E-state index contributed by atoms with van der Waals surface area (Å²) in [4.78, 5) is 22.0. The average molecular weight is 296 g/mol. The lowest BCUT2D eigenvalue weighted by Crippen LogP contribution is -2.27. The molecule has 2 aliphatic rings. The Kier molecular flexibility index (Phi) is 5.65. The first-order valence-electron chi connectivity index (χ1n) is 8.43. The monoisotopic (exact) mass is 296 g/mol. The van der Waals surface area contributed by atoms with Crippen LogP contribution in [-0.4, -0.2) is 22.2 Å². The molecule has 0 aromatic heterocycles. The third-order valence-corrected chi connectivity index (χ3v) is 5.83. The molecule has 1 unspecified atom stereocenters. The molecule has 2 N–H and O–H groups in total. The lowest BCUT2D eigenvalue weighted by atomic mass is 9.71. The number of hydrogen-bond donors (Lipinski definition) is 2. The summed E-state index contributed by atoms with van der Waals surface area (Å²) in [5, 5.41) is 18.1. The van der Waals surface area contributed by atoms with Gasteiger partial charge in [-0.1, -0.05) is 6.92 Å². The molecule has 120 valence electrons. The van der Waals surface area contributed by atoms with Gasteiger partial charge in [0.2, 0.25) is 0 Å². The molecular formula is C17H28O4. The standard InChI is InChI=1S/C17H28O4/c1-11(13-6-8-15(9-7-13)17(20)21)10-12-2-4-14(5-3-12)16(18)19/h11-15H,2-10H2,1H3,(H,18,19)(H,20,21). The number of carboxylic acid groups (broad SMARTS) is 2. The van der Waals surface area contributed by atoms with E-state index in [1.807, 2.05) is 0 Å². The van der Waals surface area contributed by atoms with E-state index >= 15 is 0 Å². The van der Waals surface area contributed by atoms with Crippen molar-refractivity contribution in [3.05, 3.63) is 0 Å². The molecule has 0 radical (unpaired) electrons. The molecule has 0 aromatic carbocycles. The maximum Gasteiger partial charge on any atom is 0.306 e. The van der Waals surface area contributed by atoms with Crippen molar-refractivity contribution in [2.45, 2.75) is 64.7 Å². The van der Waals surface area contributed by atoms with Crippen molar-refractivity contribution in [2.75, 3.05) is 0 Å². The lowest BCUT2D eigenvalue weighted by molar-refractivity contribution is -0.144. The zero-order chi connectivity index (χ0) is 15.4. The Morgan fingerprint density at radius 3 is 1.71 bits per heavy atom. The van der Waals surface area contributed by atoms with E-state index in [0.717, 1.165) is 51.4 Å². The van der Waals surface area contributed by atoms with Gasteiger partial charge in [-0.3, -0.25) is 9.59 Å². The summed E-state index contributed by atoms with van der Waals surface area (Å²) in [6.45, 7) is 2.30. The van der Waals surface area contributed by atoms with E-state index in [2.05, 4.69) is 6.92 Å². The minimum absolute atomic E-state index is 0.123. The van der Waals surface area contributed by atoms with Crippen molar-refractivity contribution < 1.29 is 19.8 Å². The molecule has 2 saturated carbocycles. The highest BCUT2D eigenvalue weighted by Crippen LogP contribution is 2.39. The van der Waals surface area contributed by atoms with Crippen LogP contribution in [0.5, 0.6) is 0 Å². The minimum Gasteiger partial charge on any atom is -0.481 e. The molecule has 0 aromatic rings. The fraction of sp³-hybridized carbons (Fsp3) is 0.882. The summed E-state index contributed by atoms with van der Waals surface area (Å²) < 4.78 is 0. The van der Waals surface area contributed by atoms with E-state index in [1.165, 1.54) is 6.42 Å². The van der Waals surface area contributed by atoms with Gasteiger partial charge in [-0.2, -0.15) is 0 Å². The van der Waals surface area contributed by atoms with Crippen LogP contribution in [0.15, 0.2) is 0 Å². The molecule has 0 amide bonds. The van der Waals surface area contributed by atoms with Crippen molar-refractivity contribution in [3.8, 4) is 0 Å². The van der Waals surface area contributed by atoms with Crippen molar-refractivity contribution in [1.82, 2.24) is 0 Å². The van der Waals surface area contributed by atoms with Crippen molar-refractivity contribution >= 4 is 11.9 Å². The average Bonchev–Trinajstić information content (AvgIpc) is 2.47. The van der Waals surface area contributed by atoms with Crippen LogP contribution in [0.3, 0.4) is 0 Å².